The summed E-state index contributed by atoms with van der Waals surface area (Å²) in [6.07, 6.45) is -1.23. The molecule has 0 aliphatic carbocycles. The van der Waals surface area contributed by atoms with Gasteiger partial charge in [0.05, 0.1) is 46.3 Å². The molecule has 5 atom stereocenters. The first-order valence-electron chi connectivity index (χ1n) is 21.6. The minimum atomic E-state index is -1.90. The fourth-order valence-corrected chi connectivity index (χ4v) is 9.86. The summed E-state index contributed by atoms with van der Waals surface area (Å²) in [7, 11) is 1.32. The molecule has 0 radical (unpaired) electrons. The number of nitrogens with zero attached hydrogens (tertiary/aromatic N) is 6. The summed E-state index contributed by atoms with van der Waals surface area (Å²) in [5.41, 5.74) is 2.15. The normalized spacial score (nSPS) is 17.8. The molecule has 17 heteroatoms. The number of hydrogen-bond acceptors (Lipinski definition) is 14. The van der Waals surface area contributed by atoms with E-state index in [1.807, 2.05) is 113 Å². The number of nitriles is 1. The molecule has 0 spiro atoms. The average Bonchev–Trinajstić information content (AvgIpc) is 3.91. The van der Waals surface area contributed by atoms with Gasteiger partial charge in [-0.05, 0) is 80.8 Å². The lowest BCUT2D eigenvalue weighted by molar-refractivity contribution is -0.155. The molecule has 3 heterocycles. The highest BCUT2D eigenvalue weighted by Crippen LogP contribution is 2.51. The van der Waals surface area contributed by atoms with E-state index in [1.54, 1.807) is 43.1 Å². The van der Waals surface area contributed by atoms with Crippen molar-refractivity contribution >= 4 is 37.4 Å². The highest BCUT2D eigenvalue weighted by atomic mass is 31.2. The van der Waals surface area contributed by atoms with E-state index < -0.39 is 44.6 Å². The molecule has 1 saturated heterocycles. The number of imidazole rings is 1. The van der Waals surface area contributed by atoms with E-state index in [0.29, 0.717) is 22.7 Å². The summed E-state index contributed by atoms with van der Waals surface area (Å²) in [5.74, 6) is 0.532. The second-order valence-corrected chi connectivity index (χ2v) is 17.3. The first kappa shape index (κ1) is 47.6. The van der Waals surface area contributed by atoms with Gasteiger partial charge in [0.15, 0.2) is 29.3 Å². The van der Waals surface area contributed by atoms with Gasteiger partial charge in [-0.3, -0.25) is 14.2 Å². The number of aromatic nitrogens is 4. The first-order valence-corrected chi connectivity index (χ1v) is 22.7. The van der Waals surface area contributed by atoms with Crippen molar-refractivity contribution in [2.45, 2.75) is 83.3 Å². The Balaban J connectivity index is 1.36. The van der Waals surface area contributed by atoms with Gasteiger partial charge in [0.1, 0.15) is 35.6 Å². The molecule has 0 bridgehead atoms. The quantitative estimate of drug-likeness (QED) is 0.0333. The summed E-state index contributed by atoms with van der Waals surface area (Å²) in [6.45, 7) is 9.44. The van der Waals surface area contributed by atoms with Gasteiger partial charge in [0, 0.05) is 24.6 Å². The lowest BCUT2D eigenvalue weighted by Crippen LogP contribution is -2.43. The van der Waals surface area contributed by atoms with Crippen molar-refractivity contribution in [2.75, 3.05) is 32.8 Å². The monoisotopic (exact) mass is 915 g/mol. The topological polar surface area (TPSA) is 181 Å². The molecule has 4 aromatic carbocycles. The zero-order chi connectivity index (χ0) is 46.8. The van der Waals surface area contributed by atoms with E-state index in [9.17, 15) is 14.9 Å². The maximum absolute atomic E-state index is 13.3. The van der Waals surface area contributed by atoms with Crippen molar-refractivity contribution < 1.29 is 42.3 Å². The molecule has 1 N–H and O–H groups in total. The number of carbonyl (C=O) groups excluding carboxylic acids is 2. The Hall–Kier alpha value is -6.31. The maximum atomic E-state index is 13.3. The van der Waals surface area contributed by atoms with E-state index in [-0.39, 0.29) is 49.0 Å². The van der Waals surface area contributed by atoms with Crippen LogP contribution in [0.5, 0.6) is 11.5 Å². The second kappa shape index (κ2) is 21.8. The van der Waals surface area contributed by atoms with Crippen molar-refractivity contribution in [1.29, 1.82) is 5.26 Å². The summed E-state index contributed by atoms with van der Waals surface area (Å²) >= 11 is 0. The first-order chi connectivity index (χ1) is 32.0. The molecule has 1 aliphatic rings. The predicted octanol–water partition coefficient (Wildman–Crippen LogP) is 8.59. The van der Waals surface area contributed by atoms with E-state index in [1.165, 1.54) is 19.6 Å². The third-order valence-corrected chi connectivity index (χ3v) is 13.1. The van der Waals surface area contributed by atoms with Crippen molar-refractivity contribution in [3.8, 4) is 17.6 Å². The number of rotatable bonds is 20. The Morgan fingerprint density at radius 1 is 0.833 bits per heavy atom. The molecule has 7 rings (SSSR count). The van der Waals surface area contributed by atoms with Gasteiger partial charge in [-0.15, -0.1) is 0 Å². The number of fused-ring (bicyclic) bond motifs is 1. The third kappa shape index (κ3) is 10.4. The molecule has 1 fully saturated rings. The van der Waals surface area contributed by atoms with Crippen LogP contribution < -0.4 is 14.8 Å². The molecule has 6 aromatic rings. The highest BCUT2D eigenvalue weighted by molar-refractivity contribution is 7.44. The van der Waals surface area contributed by atoms with Gasteiger partial charge in [0.2, 0.25) is 0 Å². The van der Waals surface area contributed by atoms with Crippen LogP contribution in [0.3, 0.4) is 0 Å². The van der Waals surface area contributed by atoms with Crippen LogP contribution in [0.25, 0.3) is 11.2 Å². The van der Waals surface area contributed by atoms with Crippen LogP contribution in [-0.4, -0.2) is 93.9 Å². The number of esters is 1. The highest BCUT2D eigenvalue weighted by Gasteiger charge is 2.53. The fraction of sp³-hybridized carbons (Fsp3) is 0.347. The van der Waals surface area contributed by atoms with Crippen LogP contribution in [0, 0.1) is 11.3 Å². The van der Waals surface area contributed by atoms with Crippen LogP contribution in [0.1, 0.15) is 74.3 Å². The van der Waals surface area contributed by atoms with Crippen molar-refractivity contribution in [2.24, 2.45) is 0 Å². The minimum absolute atomic E-state index is 0.0483. The third-order valence-electron chi connectivity index (χ3n) is 11.0. The Bertz CT molecular complexity index is 2520. The van der Waals surface area contributed by atoms with Crippen molar-refractivity contribution in [3.05, 3.63) is 144 Å². The Kier molecular flexibility index (Phi) is 15.7. The molecule has 1 unspecified atom stereocenters. The van der Waals surface area contributed by atoms with Gasteiger partial charge >= 0.3 is 5.97 Å². The largest absolute Gasteiger partial charge is 0.497 e. The smallest absolute Gasteiger partial charge is 0.303 e. The number of anilines is 1. The molecule has 0 saturated carbocycles. The average molecular weight is 916 g/mol. The molecular weight excluding hydrogens is 862 g/mol. The minimum Gasteiger partial charge on any atom is -0.497 e. The Morgan fingerprint density at radius 3 is 1.98 bits per heavy atom. The van der Waals surface area contributed by atoms with E-state index in [0.717, 1.165) is 16.7 Å². The summed E-state index contributed by atoms with van der Waals surface area (Å²) in [4.78, 5) is 40.1. The molecular formula is C49H54N7O9P. The summed E-state index contributed by atoms with van der Waals surface area (Å²) in [5, 5.41) is 12.4. The predicted molar refractivity (Wildman–Crippen MR) is 248 cm³/mol. The molecule has 344 valence electrons. The maximum Gasteiger partial charge on any atom is 0.303 e. The number of hydrogen-bond donors (Lipinski definition) is 1. The lowest BCUT2D eigenvalue weighted by atomic mass is 9.80. The molecule has 66 heavy (non-hydrogen) atoms. The molecule has 1 aliphatic heterocycles. The summed E-state index contributed by atoms with van der Waals surface area (Å²) in [6, 6.07) is 36.0. The standard InChI is InChI=1S/C49H54N7O9P/c1-32(2)56(33(3)4)66(62-28-14-27-50)65-43-41(29-61-49(36-17-12-9-13-18-36,37-19-23-39(59-6)24-20-37)38-21-25-40(60-7)26-22-38)64-48(44(43)63-34(5)57)55-31-53-42-45(51-30-52-46(42)55)54-47(58)35-15-10-8-11-16-35/h8-13,15-26,30-33,41,43-44,48H,14,28-29H2,1-7H3,(H,51,52,54,58)/t41-,43-,44+,48-,66?/m1/s1. The Labute approximate surface area is 385 Å². The zero-order valence-corrected chi connectivity index (χ0v) is 38.8. The number of benzene rings is 4. The fourth-order valence-electron chi connectivity index (χ4n) is 8.09. The van der Waals surface area contributed by atoms with E-state index >= 15 is 0 Å². The summed E-state index contributed by atoms with van der Waals surface area (Å²) < 4.78 is 49.0. The van der Waals surface area contributed by atoms with Crippen LogP contribution in [0.2, 0.25) is 0 Å². The molecule has 16 nitrogen and oxygen atoms in total. The number of ether oxygens (including phenoxy) is 5. The Morgan fingerprint density at radius 2 is 1.42 bits per heavy atom. The molecule has 1 amide bonds. The van der Waals surface area contributed by atoms with E-state index in [4.69, 9.17) is 32.7 Å². The van der Waals surface area contributed by atoms with Gasteiger partial charge in [-0.2, -0.15) is 5.26 Å². The van der Waals surface area contributed by atoms with Crippen molar-refractivity contribution in [1.82, 2.24) is 24.2 Å². The van der Waals surface area contributed by atoms with E-state index in [2.05, 4.69) is 31.0 Å². The second-order valence-electron chi connectivity index (χ2n) is 15.9. The van der Waals surface area contributed by atoms with Crippen LogP contribution >= 0.6 is 8.53 Å². The number of nitrogens with one attached hydrogen (secondary N) is 1. The van der Waals surface area contributed by atoms with Gasteiger partial charge < -0.3 is 38.0 Å². The molecule has 2 aromatic heterocycles. The number of carbonyl (C=O) groups is 2. The van der Waals surface area contributed by atoms with Gasteiger partial charge in [-0.1, -0.05) is 72.8 Å². The number of amides is 1. The van der Waals surface area contributed by atoms with Crippen LogP contribution in [0.4, 0.5) is 5.82 Å². The number of methoxy groups -OCH3 is 2. The van der Waals surface area contributed by atoms with Gasteiger partial charge in [0.25, 0.3) is 14.4 Å². The lowest BCUT2D eigenvalue weighted by Gasteiger charge is -2.39. The van der Waals surface area contributed by atoms with Crippen molar-refractivity contribution in [3.63, 3.8) is 0 Å². The zero-order valence-electron chi connectivity index (χ0n) is 37.9. The van der Waals surface area contributed by atoms with Crippen LogP contribution in [0.15, 0.2) is 122 Å². The van der Waals surface area contributed by atoms with Crippen LogP contribution in [-0.2, 0) is 33.7 Å². The van der Waals surface area contributed by atoms with Gasteiger partial charge in [-0.25, -0.2) is 19.6 Å². The SMILES string of the molecule is COc1ccc(C(OC[C@H]2O[C@@H](n3cnc4c(NC(=O)c5ccccc5)ncnc43)[C@@H](OC(C)=O)[C@@H]2OP(OCCC#N)N(C(C)C)C(C)C)(c2ccccc2)c2ccc(OC)cc2)cc1.